The Morgan fingerprint density at radius 1 is 0.852 bits per heavy atom. The molecule has 0 bridgehead atoms. The van der Waals surface area contributed by atoms with Crippen molar-refractivity contribution in [3.8, 4) is 11.5 Å². The van der Waals surface area contributed by atoms with Gasteiger partial charge in [0.1, 0.15) is 0 Å². The van der Waals surface area contributed by atoms with E-state index in [1.807, 2.05) is 0 Å². The number of hydrogen-bond acceptors (Lipinski definition) is 6. The molecular weight excluding hydrogens is 348 g/mol. The van der Waals surface area contributed by atoms with Gasteiger partial charge in [-0.15, -0.1) is 0 Å². The maximum atomic E-state index is 12.0. The molecule has 0 aromatic heterocycles. The molecule has 0 unspecified atom stereocenters. The van der Waals surface area contributed by atoms with Gasteiger partial charge >= 0.3 is 11.9 Å². The van der Waals surface area contributed by atoms with Gasteiger partial charge in [-0.25, -0.2) is 4.79 Å². The SMILES string of the molecule is CCC(=O)OCCCCCCCCCCOC(=O)c1ccc2c(c1)OCO2. The normalized spacial score (nSPS) is 12.0. The van der Waals surface area contributed by atoms with E-state index in [2.05, 4.69) is 0 Å². The second-order valence-corrected chi connectivity index (χ2v) is 6.61. The van der Waals surface area contributed by atoms with Crippen molar-refractivity contribution in [3.05, 3.63) is 23.8 Å². The summed E-state index contributed by atoms with van der Waals surface area (Å²) in [5.74, 6) is 0.813. The van der Waals surface area contributed by atoms with Crippen LogP contribution in [0.4, 0.5) is 0 Å². The van der Waals surface area contributed by atoms with Crippen molar-refractivity contribution in [1.29, 1.82) is 0 Å². The molecule has 1 aromatic rings. The Morgan fingerprint density at radius 3 is 2.11 bits per heavy atom. The third-order valence-corrected chi connectivity index (χ3v) is 4.43. The van der Waals surface area contributed by atoms with Crippen LogP contribution in [-0.2, 0) is 14.3 Å². The van der Waals surface area contributed by atoms with Crippen molar-refractivity contribution < 1.29 is 28.5 Å². The summed E-state index contributed by atoms with van der Waals surface area (Å²) in [6.45, 7) is 2.98. The van der Waals surface area contributed by atoms with Gasteiger partial charge in [0.25, 0.3) is 0 Å². The van der Waals surface area contributed by atoms with Crippen LogP contribution in [0.15, 0.2) is 18.2 Å². The topological polar surface area (TPSA) is 71.1 Å². The Morgan fingerprint density at radius 2 is 1.44 bits per heavy atom. The quantitative estimate of drug-likeness (QED) is 0.368. The van der Waals surface area contributed by atoms with Crippen molar-refractivity contribution in [2.75, 3.05) is 20.0 Å². The van der Waals surface area contributed by atoms with E-state index in [4.69, 9.17) is 18.9 Å². The van der Waals surface area contributed by atoms with Gasteiger partial charge in [0, 0.05) is 6.42 Å². The molecule has 6 nitrogen and oxygen atoms in total. The van der Waals surface area contributed by atoms with E-state index in [-0.39, 0.29) is 18.7 Å². The lowest BCUT2D eigenvalue weighted by Crippen LogP contribution is -2.06. The van der Waals surface area contributed by atoms with Crippen LogP contribution in [0.5, 0.6) is 11.5 Å². The van der Waals surface area contributed by atoms with Gasteiger partial charge in [-0.3, -0.25) is 4.79 Å². The largest absolute Gasteiger partial charge is 0.466 e. The van der Waals surface area contributed by atoms with Crippen molar-refractivity contribution >= 4 is 11.9 Å². The minimum Gasteiger partial charge on any atom is -0.466 e. The standard InChI is InChI=1S/C21H30O6/c1-2-20(22)24-13-9-7-5-3-4-6-8-10-14-25-21(23)17-11-12-18-19(15-17)27-16-26-18/h11-12,15H,2-10,13-14,16H2,1H3. The van der Waals surface area contributed by atoms with E-state index in [1.165, 1.54) is 19.3 Å². The summed E-state index contributed by atoms with van der Waals surface area (Å²) in [5.41, 5.74) is 0.490. The molecule has 0 amide bonds. The van der Waals surface area contributed by atoms with Crippen LogP contribution < -0.4 is 9.47 Å². The number of rotatable bonds is 13. The first-order chi connectivity index (χ1) is 13.2. The first-order valence-corrected chi connectivity index (χ1v) is 9.93. The molecule has 150 valence electrons. The zero-order valence-corrected chi connectivity index (χ0v) is 16.2. The predicted molar refractivity (Wildman–Crippen MR) is 101 cm³/mol. The van der Waals surface area contributed by atoms with Crippen LogP contribution in [0.2, 0.25) is 0 Å². The second kappa shape index (κ2) is 12.2. The first kappa shape index (κ1) is 21.1. The van der Waals surface area contributed by atoms with Crippen molar-refractivity contribution in [2.45, 2.75) is 64.7 Å². The molecule has 1 heterocycles. The lowest BCUT2D eigenvalue weighted by molar-refractivity contribution is -0.143. The lowest BCUT2D eigenvalue weighted by Gasteiger charge is -2.06. The highest BCUT2D eigenvalue weighted by Gasteiger charge is 2.16. The number of ether oxygens (including phenoxy) is 4. The Labute approximate surface area is 161 Å². The third kappa shape index (κ3) is 7.89. The minimum absolute atomic E-state index is 0.116. The fraction of sp³-hybridized carbons (Fsp3) is 0.619. The van der Waals surface area contributed by atoms with Crippen LogP contribution in [0.1, 0.15) is 75.1 Å². The molecule has 0 fully saturated rings. The summed E-state index contributed by atoms with van der Waals surface area (Å²) in [5, 5.41) is 0. The Kier molecular flexibility index (Phi) is 9.52. The predicted octanol–water partition coefficient (Wildman–Crippen LogP) is 4.65. The van der Waals surface area contributed by atoms with E-state index < -0.39 is 0 Å². The fourth-order valence-electron chi connectivity index (χ4n) is 2.82. The molecule has 6 heteroatoms. The lowest BCUT2D eigenvalue weighted by atomic mass is 10.1. The number of carbonyl (C=O) groups is 2. The van der Waals surface area contributed by atoms with Gasteiger partial charge in [0.15, 0.2) is 11.5 Å². The van der Waals surface area contributed by atoms with Crippen LogP contribution in [-0.4, -0.2) is 31.9 Å². The zero-order valence-electron chi connectivity index (χ0n) is 16.2. The molecular formula is C21H30O6. The molecule has 0 aliphatic carbocycles. The second-order valence-electron chi connectivity index (χ2n) is 6.61. The van der Waals surface area contributed by atoms with E-state index in [0.29, 0.717) is 36.7 Å². The average Bonchev–Trinajstić information content (AvgIpc) is 3.16. The molecule has 0 atom stereocenters. The Balaban J connectivity index is 1.41. The maximum absolute atomic E-state index is 12.0. The van der Waals surface area contributed by atoms with Gasteiger partial charge < -0.3 is 18.9 Å². The van der Waals surface area contributed by atoms with E-state index in [1.54, 1.807) is 25.1 Å². The van der Waals surface area contributed by atoms with Crippen LogP contribution in [0.3, 0.4) is 0 Å². The molecule has 0 N–H and O–H groups in total. The van der Waals surface area contributed by atoms with E-state index >= 15 is 0 Å². The number of unbranched alkanes of at least 4 members (excludes halogenated alkanes) is 7. The molecule has 0 spiro atoms. The monoisotopic (exact) mass is 378 g/mol. The maximum Gasteiger partial charge on any atom is 0.338 e. The Hall–Kier alpha value is -2.24. The number of benzene rings is 1. The van der Waals surface area contributed by atoms with Gasteiger partial charge in [0.2, 0.25) is 6.79 Å². The van der Waals surface area contributed by atoms with Gasteiger partial charge in [-0.2, -0.15) is 0 Å². The summed E-state index contributed by atoms with van der Waals surface area (Å²) in [4.78, 5) is 23.0. The van der Waals surface area contributed by atoms with Crippen LogP contribution in [0, 0.1) is 0 Å². The Bertz CT molecular complexity index is 598. The highest BCUT2D eigenvalue weighted by Crippen LogP contribution is 2.32. The molecule has 1 aliphatic heterocycles. The van der Waals surface area contributed by atoms with Crippen molar-refractivity contribution in [3.63, 3.8) is 0 Å². The van der Waals surface area contributed by atoms with Gasteiger partial charge in [0.05, 0.1) is 18.8 Å². The highest BCUT2D eigenvalue weighted by molar-refractivity contribution is 5.90. The fourth-order valence-corrected chi connectivity index (χ4v) is 2.82. The number of esters is 2. The van der Waals surface area contributed by atoms with Crippen LogP contribution in [0.25, 0.3) is 0 Å². The third-order valence-electron chi connectivity index (χ3n) is 4.43. The minimum atomic E-state index is -0.322. The smallest absolute Gasteiger partial charge is 0.338 e. The number of hydrogen-bond donors (Lipinski definition) is 0. The average molecular weight is 378 g/mol. The van der Waals surface area contributed by atoms with E-state index in [0.717, 1.165) is 32.1 Å². The molecule has 1 aromatic carbocycles. The van der Waals surface area contributed by atoms with Crippen molar-refractivity contribution in [1.82, 2.24) is 0 Å². The summed E-state index contributed by atoms with van der Waals surface area (Å²) < 4.78 is 20.8. The molecule has 0 saturated carbocycles. The highest BCUT2D eigenvalue weighted by atomic mass is 16.7. The summed E-state index contributed by atoms with van der Waals surface area (Å²) >= 11 is 0. The number of carbonyl (C=O) groups excluding carboxylic acids is 2. The molecule has 0 radical (unpaired) electrons. The van der Waals surface area contributed by atoms with Crippen molar-refractivity contribution in [2.24, 2.45) is 0 Å². The van der Waals surface area contributed by atoms with Gasteiger partial charge in [-0.05, 0) is 31.0 Å². The zero-order chi connectivity index (χ0) is 19.3. The molecule has 0 saturated heterocycles. The first-order valence-electron chi connectivity index (χ1n) is 9.93. The summed E-state index contributed by atoms with van der Waals surface area (Å²) in [7, 11) is 0. The van der Waals surface area contributed by atoms with E-state index in [9.17, 15) is 9.59 Å². The summed E-state index contributed by atoms with van der Waals surface area (Å²) in [6.07, 6.45) is 9.13. The van der Waals surface area contributed by atoms with Crippen LogP contribution >= 0.6 is 0 Å². The molecule has 1 aliphatic rings. The molecule has 2 rings (SSSR count). The molecule has 27 heavy (non-hydrogen) atoms. The summed E-state index contributed by atoms with van der Waals surface area (Å²) in [6, 6.07) is 5.08. The van der Waals surface area contributed by atoms with Gasteiger partial charge in [-0.1, -0.05) is 45.4 Å². The number of fused-ring (bicyclic) bond motifs is 1.